The molecule has 0 radical (unpaired) electrons. The number of carbonyl (C=O) groups excluding carboxylic acids is 1. The van der Waals surface area contributed by atoms with Crippen molar-refractivity contribution in [3.63, 3.8) is 0 Å². The highest BCUT2D eigenvalue weighted by molar-refractivity contribution is 5.94. The highest BCUT2D eigenvalue weighted by Crippen LogP contribution is 2.25. The topological polar surface area (TPSA) is 134 Å². The number of nitrogens with two attached hydrogens (primary N) is 1. The Hall–Kier alpha value is -4.99. The van der Waals surface area contributed by atoms with Gasteiger partial charge in [0.2, 0.25) is 11.9 Å². The lowest BCUT2D eigenvalue weighted by atomic mass is 10.1. The Kier molecular flexibility index (Phi) is 6.14. The normalized spacial score (nSPS) is 10.9. The first kappa shape index (κ1) is 22.8. The van der Waals surface area contributed by atoms with Crippen LogP contribution in [0.15, 0.2) is 77.6 Å². The average Bonchev–Trinajstić information content (AvgIpc) is 2.90. The van der Waals surface area contributed by atoms with E-state index in [1.54, 1.807) is 60.2 Å². The van der Waals surface area contributed by atoms with E-state index in [0.717, 1.165) is 0 Å². The van der Waals surface area contributed by atoms with Gasteiger partial charge in [0.25, 0.3) is 0 Å². The second-order valence-electron chi connectivity index (χ2n) is 7.87. The van der Waals surface area contributed by atoms with E-state index in [-0.39, 0.29) is 36.3 Å². The standard InChI is InChI=1S/C26H22N6O4/c1-35-21-13-7-4-10-18(21)28-26-30-22(29-25(27)31-26)15-36-23(33)14-32-19-11-5-2-8-16(19)24(34)17-9-3-6-12-20(17)32/h2-13H,14-15H2,1H3,(H3,27,28,29,30,31). The second-order valence-corrected chi connectivity index (χ2v) is 7.87. The van der Waals surface area contributed by atoms with Crippen LogP contribution in [0.1, 0.15) is 5.82 Å². The first-order valence-electron chi connectivity index (χ1n) is 11.1. The maximum absolute atomic E-state index is 12.9. The maximum Gasteiger partial charge on any atom is 0.326 e. The molecule has 0 saturated heterocycles. The number of pyridine rings is 1. The van der Waals surface area contributed by atoms with Crippen molar-refractivity contribution < 1.29 is 14.3 Å². The monoisotopic (exact) mass is 482 g/mol. The molecule has 10 nitrogen and oxygen atoms in total. The molecule has 0 amide bonds. The van der Waals surface area contributed by atoms with Crippen LogP contribution < -0.4 is 21.2 Å². The molecule has 36 heavy (non-hydrogen) atoms. The third-order valence-electron chi connectivity index (χ3n) is 5.58. The molecular weight excluding hydrogens is 460 g/mol. The van der Waals surface area contributed by atoms with Gasteiger partial charge in [-0.15, -0.1) is 0 Å². The number of hydrogen-bond donors (Lipinski definition) is 2. The van der Waals surface area contributed by atoms with Crippen molar-refractivity contribution in [1.29, 1.82) is 0 Å². The number of fused-ring (bicyclic) bond motifs is 2. The first-order chi connectivity index (χ1) is 17.5. The molecule has 0 aliphatic carbocycles. The number of hydrogen-bond acceptors (Lipinski definition) is 9. The van der Waals surface area contributed by atoms with Crippen LogP contribution in [-0.2, 0) is 22.7 Å². The summed E-state index contributed by atoms with van der Waals surface area (Å²) in [4.78, 5) is 38.2. The van der Waals surface area contributed by atoms with Gasteiger partial charge in [-0.1, -0.05) is 36.4 Å². The van der Waals surface area contributed by atoms with Gasteiger partial charge in [0, 0.05) is 10.8 Å². The molecule has 0 unspecified atom stereocenters. The first-order valence-corrected chi connectivity index (χ1v) is 11.1. The molecule has 3 aromatic carbocycles. The summed E-state index contributed by atoms with van der Waals surface area (Å²) < 4.78 is 12.6. The quantitative estimate of drug-likeness (QED) is 0.264. The summed E-state index contributed by atoms with van der Waals surface area (Å²) >= 11 is 0. The number of anilines is 3. The smallest absolute Gasteiger partial charge is 0.326 e. The van der Waals surface area contributed by atoms with Gasteiger partial charge >= 0.3 is 5.97 Å². The van der Waals surface area contributed by atoms with Crippen LogP contribution >= 0.6 is 0 Å². The van der Waals surface area contributed by atoms with Crippen molar-refractivity contribution in [2.75, 3.05) is 18.2 Å². The highest BCUT2D eigenvalue weighted by atomic mass is 16.5. The van der Waals surface area contributed by atoms with Gasteiger partial charge in [0.05, 0.1) is 23.8 Å². The van der Waals surface area contributed by atoms with Crippen LogP contribution in [0, 0.1) is 0 Å². The number of para-hydroxylation sites is 4. The Labute approximate surface area is 205 Å². The number of benzene rings is 3. The Morgan fingerprint density at radius 1 is 0.917 bits per heavy atom. The molecule has 0 saturated carbocycles. The zero-order valence-electron chi connectivity index (χ0n) is 19.3. The lowest BCUT2D eigenvalue weighted by Crippen LogP contribution is -2.18. The lowest BCUT2D eigenvalue weighted by Gasteiger charge is -2.14. The van der Waals surface area contributed by atoms with E-state index in [0.29, 0.717) is 33.2 Å². The van der Waals surface area contributed by atoms with E-state index in [2.05, 4.69) is 20.3 Å². The van der Waals surface area contributed by atoms with E-state index in [1.165, 1.54) is 0 Å². The molecule has 0 aliphatic heterocycles. The molecule has 3 N–H and O–H groups in total. The van der Waals surface area contributed by atoms with E-state index < -0.39 is 5.97 Å². The van der Waals surface area contributed by atoms with E-state index in [9.17, 15) is 9.59 Å². The minimum atomic E-state index is -0.521. The van der Waals surface area contributed by atoms with Crippen LogP contribution in [0.25, 0.3) is 21.8 Å². The SMILES string of the molecule is COc1ccccc1Nc1nc(N)nc(COC(=O)Cn2c3ccccc3c(=O)c3ccccc32)n1. The molecule has 0 atom stereocenters. The molecule has 0 spiro atoms. The van der Waals surface area contributed by atoms with Crippen LogP contribution in [0.3, 0.4) is 0 Å². The van der Waals surface area contributed by atoms with E-state index in [1.807, 2.05) is 24.3 Å². The predicted molar refractivity (Wildman–Crippen MR) is 136 cm³/mol. The number of methoxy groups -OCH3 is 1. The van der Waals surface area contributed by atoms with Crippen molar-refractivity contribution in [3.8, 4) is 5.75 Å². The van der Waals surface area contributed by atoms with Crippen molar-refractivity contribution >= 4 is 45.4 Å². The van der Waals surface area contributed by atoms with Crippen molar-refractivity contribution in [2.45, 2.75) is 13.2 Å². The summed E-state index contributed by atoms with van der Waals surface area (Å²) in [5.74, 6) is 0.432. The minimum absolute atomic E-state index is 0.0224. The van der Waals surface area contributed by atoms with E-state index in [4.69, 9.17) is 15.2 Å². The van der Waals surface area contributed by atoms with Crippen LogP contribution in [-0.4, -0.2) is 32.6 Å². The summed E-state index contributed by atoms with van der Waals surface area (Å²) in [6, 6.07) is 21.6. The summed E-state index contributed by atoms with van der Waals surface area (Å²) in [5.41, 5.74) is 7.70. The predicted octanol–water partition coefficient (Wildman–Crippen LogP) is 3.42. The summed E-state index contributed by atoms with van der Waals surface area (Å²) in [5, 5.41) is 4.09. The molecule has 2 heterocycles. The van der Waals surface area contributed by atoms with Gasteiger partial charge in [0.15, 0.2) is 17.9 Å². The molecule has 0 bridgehead atoms. The molecule has 180 valence electrons. The molecular formula is C26H22N6O4. The van der Waals surface area contributed by atoms with Crippen LogP contribution in [0.4, 0.5) is 17.6 Å². The Morgan fingerprint density at radius 3 is 2.25 bits per heavy atom. The second kappa shape index (κ2) is 9.71. The van der Waals surface area contributed by atoms with Crippen LogP contribution in [0.2, 0.25) is 0 Å². The Bertz CT molecular complexity index is 1590. The van der Waals surface area contributed by atoms with E-state index >= 15 is 0 Å². The largest absolute Gasteiger partial charge is 0.495 e. The number of rotatable bonds is 7. The minimum Gasteiger partial charge on any atom is -0.495 e. The van der Waals surface area contributed by atoms with Crippen molar-refractivity contribution in [2.24, 2.45) is 0 Å². The molecule has 0 fully saturated rings. The Morgan fingerprint density at radius 2 is 1.56 bits per heavy atom. The summed E-state index contributed by atoms with van der Waals surface area (Å²) in [6.07, 6.45) is 0. The highest BCUT2D eigenvalue weighted by Gasteiger charge is 2.15. The zero-order valence-corrected chi connectivity index (χ0v) is 19.3. The molecule has 5 rings (SSSR count). The van der Waals surface area contributed by atoms with Crippen molar-refractivity contribution in [1.82, 2.24) is 19.5 Å². The number of nitrogens with one attached hydrogen (secondary N) is 1. The van der Waals surface area contributed by atoms with Crippen molar-refractivity contribution in [3.05, 3.63) is 88.8 Å². The van der Waals surface area contributed by atoms with Gasteiger partial charge in [0.1, 0.15) is 12.3 Å². The number of nitrogen functional groups attached to an aromatic ring is 1. The van der Waals surface area contributed by atoms with Gasteiger partial charge in [-0.25, -0.2) is 0 Å². The molecule has 10 heteroatoms. The molecule has 0 aliphatic rings. The third-order valence-corrected chi connectivity index (χ3v) is 5.58. The fourth-order valence-corrected chi connectivity index (χ4v) is 3.99. The number of carbonyl (C=O) groups is 1. The van der Waals surface area contributed by atoms with Gasteiger partial charge < -0.3 is 25.1 Å². The fourth-order valence-electron chi connectivity index (χ4n) is 3.99. The van der Waals surface area contributed by atoms with Gasteiger partial charge in [-0.2, -0.15) is 15.0 Å². The Balaban J connectivity index is 1.37. The molecule has 2 aromatic heterocycles. The summed E-state index contributed by atoms with van der Waals surface area (Å²) in [6.45, 7) is -0.309. The summed E-state index contributed by atoms with van der Waals surface area (Å²) in [7, 11) is 1.56. The van der Waals surface area contributed by atoms with Crippen LogP contribution in [0.5, 0.6) is 5.75 Å². The molecule has 5 aromatic rings. The number of ether oxygens (including phenoxy) is 2. The number of nitrogens with zero attached hydrogens (tertiary/aromatic N) is 4. The lowest BCUT2D eigenvalue weighted by molar-refractivity contribution is -0.145. The zero-order chi connectivity index (χ0) is 25.1. The fraction of sp³-hybridized carbons (Fsp3) is 0.115. The number of esters is 1. The third kappa shape index (κ3) is 4.51. The maximum atomic E-state index is 12.9. The van der Waals surface area contributed by atoms with Gasteiger partial charge in [-0.05, 0) is 36.4 Å². The van der Waals surface area contributed by atoms with Gasteiger partial charge in [-0.3, -0.25) is 9.59 Å². The number of aromatic nitrogens is 4. The average molecular weight is 483 g/mol.